The molecule has 1 aromatic heterocycles. The van der Waals surface area contributed by atoms with Crippen molar-refractivity contribution in [2.24, 2.45) is 0 Å². The summed E-state index contributed by atoms with van der Waals surface area (Å²) >= 11 is 1.35. The highest BCUT2D eigenvalue weighted by Gasteiger charge is 2.28. The van der Waals surface area contributed by atoms with Gasteiger partial charge in [0.15, 0.2) is 6.29 Å². The molecule has 7 nitrogen and oxygen atoms in total. The maximum atomic E-state index is 13.1. The van der Waals surface area contributed by atoms with E-state index in [1.165, 1.54) is 11.3 Å². The molecule has 1 atom stereocenters. The third-order valence-electron chi connectivity index (χ3n) is 5.39. The second kappa shape index (κ2) is 11.6. The summed E-state index contributed by atoms with van der Waals surface area (Å²) in [6, 6.07) is 19.1. The van der Waals surface area contributed by atoms with Gasteiger partial charge in [0.05, 0.1) is 4.88 Å². The smallest absolute Gasteiger partial charge is 0.303 e. The predicted octanol–water partition coefficient (Wildman–Crippen LogP) is 4.33. The summed E-state index contributed by atoms with van der Waals surface area (Å²) in [6.45, 7) is 3.76. The van der Waals surface area contributed by atoms with Crippen LogP contribution in [0.5, 0.6) is 0 Å². The Morgan fingerprint density at radius 2 is 1.69 bits per heavy atom. The first-order valence-corrected chi connectivity index (χ1v) is 12.0. The summed E-state index contributed by atoms with van der Waals surface area (Å²) < 4.78 is 0. The van der Waals surface area contributed by atoms with Crippen molar-refractivity contribution in [3.8, 4) is 10.4 Å². The molecule has 8 heteroatoms. The van der Waals surface area contributed by atoms with Gasteiger partial charge in [0.25, 0.3) is 5.91 Å². The van der Waals surface area contributed by atoms with E-state index in [1.807, 2.05) is 50.2 Å². The van der Waals surface area contributed by atoms with Gasteiger partial charge in [0.1, 0.15) is 6.04 Å². The number of benzene rings is 2. The highest BCUT2D eigenvalue weighted by atomic mass is 32.1. The molecule has 3 N–H and O–H groups in total. The van der Waals surface area contributed by atoms with Crippen LogP contribution in [0.1, 0.15) is 52.3 Å². The van der Waals surface area contributed by atoms with Gasteiger partial charge in [-0.1, -0.05) is 42.5 Å². The van der Waals surface area contributed by atoms with Gasteiger partial charge >= 0.3 is 5.97 Å². The van der Waals surface area contributed by atoms with Gasteiger partial charge in [0, 0.05) is 22.4 Å². The maximum Gasteiger partial charge on any atom is 0.303 e. The number of hydrogen-bond acceptors (Lipinski definition) is 5. The number of carboxylic acid groups (broad SMARTS) is 1. The highest BCUT2D eigenvalue weighted by Crippen LogP contribution is 2.27. The van der Waals surface area contributed by atoms with E-state index in [2.05, 4.69) is 10.6 Å². The average molecular weight is 493 g/mol. The van der Waals surface area contributed by atoms with E-state index in [0.29, 0.717) is 16.9 Å². The van der Waals surface area contributed by atoms with E-state index in [1.54, 1.807) is 30.3 Å². The van der Waals surface area contributed by atoms with Crippen molar-refractivity contribution in [2.45, 2.75) is 44.7 Å². The van der Waals surface area contributed by atoms with Gasteiger partial charge in [-0.2, -0.15) is 0 Å². The monoisotopic (exact) mass is 492 g/mol. The Bertz CT molecular complexity index is 1190. The van der Waals surface area contributed by atoms with E-state index in [0.717, 1.165) is 22.3 Å². The number of aliphatic carboxylic acids is 1. The number of carbonyl (C=O) groups is 4. The van der Waals surface area contributed by atoms with Crippen molar-refractivity contribution in [1.82, 2.24) is 10.6 Å². The first kappa shape index (κ1) is 25.8. The Kier molecular flexibility index (Phi) is 8.54. The molecule has 0 unspecified atom stereocenters. The van der Waals surface area contributed by atoms with E-state index in [4.69, 9.17) is 5.11 Å². The summed E-state index contributed by atoms with van der Waals surface area (Å²) in [7, 11) is 0. The van der Waals surface area contributed by atoms with Crippen molar-refractivity contribution >= 4 is 35.4 Å². The number of hydrogen-bond donors (Lipinski definition) is 3. The van der Waals surface area contributed by atoms with Crippen LogP contribution in [0.15, 0.2) is 66.7 Å². The molecule has 0 fully saturated rings. The van der Waals surface area contributed by atoms with Crippen molar-refractivity contribution in [2.75, 3.05) is 0 Å². The number of rotatable bonds is 11. The minimum absolute atomic E-state index is 0.0317. The van der Waals surface area contributed by atoms with Crippen molar-refractivity contribution in [3.63, 3.8) is 0 Å². The SMILES string of the molecule is CC(C)(Cc1ccccc1)NC(=O)[C@H](CCC(=O)O)NC(=O)c1ccc(-c2ccc(C=O)s2)cc1. The number of nitrogens with one attached hydrogen (secondary N) is 2. The zero-order valence-electron chi connectivity index (χ0n) is 19.6. The molecule has 3 rings (SSSR count). The Hall–Kier alpha value is -3.78. The largest absolute Gasteiger partial charge is 0.481 e. The lowest BCUT2D eigenvalue weighted by molar-refractivity contribution is -0.137. The molecule has 0 radical (unpaired) electrons. The van der Waals surface area contributed by atoms with Crippen LogP contribution < -0.4 is 10.6 Å². The van der Waals surface area contributed by atoms with Crippen LogP contribution in [0.3, 0.4) is 0 Å². The minimum atomic E-state index is -1.05. The quantitative estimate of drug-likeness (QED) is 0.345. The fourth-order valence-electron chi connectivity index (χ4n) is 3.71. The standard InChI is InChI=1S/C27H28N2O5S/c1-27(2,16-18-6-4-3-5-7-18)29-26(34)22(13-15-24(31)32)28-25(33)20-10-8-19(9-11-20)23-14-12-21(17-30)35-23/h3-12,14,17,22H,13,15-16H2,1-2H3,(H,28,33)(H,29,34)(H,31,32)/t22-/m0/s1. The zero-order valence-corrected chi connectivity index (χ0v) is 20.4. The molecule has 0 aliphatic rings. The minimum Gasteiger partial charge on any atom is -0.481 e. The fraction of sp³-hybridized carbons (Fsp3) is 0.259. The summed E-state index contributed by atoms with van der Waals surface area (Å²) in [5, 5.41) is 14.8. The normalized spacial score (nSPS) is 11.9. The van der Waals surface area contributed by atoms with E-state index in [9.17, 15) is 19.2 Å². The summed E-state index contributed by atoms with van der Waals surface area (Å²) in [5.41, 5.74) is 1.66. The topological polar surface area (TPSA) is 113 Å². The molecule has 0 bridgehead atoms. The number of aldehydes is 1. The lowest BCUT2D eigenvalue weighted by Gasteiger charge is -2.29. The van der Waals surface area contributed by atoms with Gasteiger partial charge in [-0.05, 0) is 62.1 Å². The molecule has 182 valence electrons. The lowest BCUT2D eigenvalue weighted by atomic mass is 9.94. The van der Waals surface area contributed by atoms with Crippen molar-refractivity contribution in [3.05, 3.63) is 82.7 Å². The van der Waals surface area contributed by atoms with E-state index >= 15 is 0 Å². The maximum absolute atomic E-state index is 13.1. The van der Waals surface area contributed by atoms with Crippen molar-refractivity contribution < 1.29 is 24.3 Å². The Labute approximate surface area is 208 Å². The van der Waals surface area contributed by atoms with Crippen LogP contribution >= 0.6 is 11.3 Å². The third-order valence-corrected chi connectivity index (χ3v) is 6.45. The molecule has 0 spiro atoms. The van der Waals surface area contributed by atoms with Crippen LogP contribution in [0.2, 0.25) is 0 Å². The molecule has 2 aromatic carbocycles. The van der Waals surface area contributed by atoms with Gasteiger partial charge in [0.2, 0.25) is 5.91 Å². The first-order valence-electron chi connectivity index (χ1n) is 11.2. The molecule has 0 aliphatic heterocycles. The third kappa shape index (κ3) is 7.61. The fourth-order valence-corrected chi connectivity index (χ4v) is 4.53. The van der Waals surface area contributed by atoms with Crippen LogP contribution in [-0.2, 0) is 16.0 Å². The summed E-state index contributed by atoms with van der Waals surface area (Å²) in [4.78, 5) is 49.5. The molecule has 0 saturated heterocycles. The number of amides is 2. The highest BCUT2D eigenvalue weighted by molar-refractivity contribution is 7.17. The van der Waals surface area contributed by atoms with E-state index in [-0.39, 0.29) is 12.8 Å². The molecule has 3 aromatic rings. The summed E-state index contributed by atoms with van der Waals surface area (Å²) in [6.07, 6.45) is 1.08. The molecular formula is C27H28N2O5S. The van der Waals surface area contributed by atoms with Gasteiger partial charge in [-0.25, -0.2) is 0 Å². The molecule has 0 saturated carbocycles. The molecule has 1 heterocycles. The lowest BCUT2D eigenvalue weighted by Crippen LogP contribution is -2.54. The molecule has 2 amide bonds. The number of carbonyl (C=O) groups excluding carboxylic acids is 3. The Morgan fingerprint density at radius 3 is 2.29 bits per heavy atom. The van der Waals surface area contributed by atoms with Crippen LogP contribution in [-0.4, -0.2) is 40.8 Å². The van der Waals surface area contributed by atoms with Gasteiger partial charge in [-0.3, -0.25) is 19.2 Å². The summed E-state index contributed by atoms with van der Waals surface area (Å²) in [5.74, 6) is -1.95. The van der Waals surface area contributed by atoms with Gasteiger partial charge in [-0.15, -0.1) is 11.3 Å². The second-order valence-electron chi connectivity index (χ2n) is 8.89. The average Bonchev–Trinajstić information content (AvgIpc) is 3.31. The molecule has 0 aliphatic carbocycles. The molecular weight excluding hydrogens is 464 g/mol. The second-order valence-corrected chi connectivity index (χ2v) is 10.0. The Morgan fingerprint density at radius 1 is 1.00 bits per heavy atom. The zero-order chi connectivity index (χ0) is 25.4. The first-order chi connectivity index (χ1) is 16.7. The Balaban J connectivity index is 1.69. The van der Waals surface area contributed by atoms with Gasteiger partial charge < -0.3 is 15.7 Å². The van der Waals surface area contributed by atoms with E-state index < -0.39 is 29.4 Å². The van der Waals surface area contributed by atoms with Crippen LogP contribution in [0.25, 0.3) is 10.4 Å². The van der Waals surface area contributed by atoms with Crippen molar-refractivity contribution in [1.29, 1.82) is 0 Å². The molecule has 35 heavy (non-hydrogen) atoms. The number of thiophene rings is 1. The van der Waals surface area contributed by atoms with Crippen LogP contribution in [0.4, 0.5) is 0 Å². The van der Waals surface area contributed by atoms with Crippen LogP contribution in [0, 0.1) is 0 Å². The number of carboxylic acids is 1. The predicted molar refractivity (Wildman–Crippen MR) is 136 cm³/mol.